The van der Waals surface area contributed by atoms with Crippen molar-refractivity contribution in [1.82, 2.24) is 9.62 Å². The standard InChI is InChI=1S/C19H22N2O4S/c1-25-17-9-5-7-15(13-17)19(22)20-14-16-8-6-12-21(16)26(23,24)18-10-3-2-4-11-18/h2-5,7,9-11,13,16H,6,8,12,14H2,1H3,(H,20,22)/t16-/m1/s1. The Morgan fingerprint density at radius 1 is 1.19 bits per heavy atom. The van der Waals surface area contributed by atoms with E-state index in [1.807, 2.05) is 0 Å². The van der Waals surface area contributed by atoms with Crippen molar-refractivity contribution in [2.75, 3.05) is 20.2 Å². The quantitative estimate of drug-likeness (QED) is 0.842. The van der Waals surface area contributed by atoms with Crippen molar-refractivity contribution in [1.29, 1.82) is 0 Å². The Balaban J connectivity index is 1.68. The summed E-state index contributed by atoms with van der Waals surface area (Å²) >= 11 is 0. The highest BCUT2D eigenvalue weighted by Gasteiger charge is 2.35. The summed E-state index contributed by atoms with van der Waals surface area (Å²) in [6.45, 7) is 0.749. The zero-order valence-electron chi connectivity index (χ0n) is 14.6. The molecule has 1 heterocycles. The summed E-state index contributed by atoms with van der Waals surface area (Å²) in [7, 11) is -2.01. The van der Waals surface area contributed by atoms with E-state index >= 15 is 0 Å². The minimum atomic E-state index is -3.55. The molecule has 0 unspecified atom stereocenters. The predicted octanol–water partition coefficient (Wildman–Crippen LogP) is 2.28. The Bertz CT molecular complexity index is 868. The molecule has 1 aliphatic rings. The zero-order valence-corrected chi connectivity index (χ0v) is 15.4. The first-order chi connectivity index (χ1) is 12.5. The molecule has 2 aromatic rings. The summed E-state index contributed by atoms with van der Waals surface area (Å²) in [5.41, 5.74) is 0.486. The first-order valence-electron chi connectivity index (χ1n) is 8.51. The Labute approximate surface area is 153 Å². The van der Waals surface area contributed by atoms with Crippen LogP contribution >= 0.6 is 0 Å². The van der Waals surface area contributed by atoms with Gasteiger partial charge in [-0.2, -0.15) is 4.31 Å². The van der Waals surface area contributed by atoms with Gasteiger partial charge in [-0.05, 0) is 43.2 Å². The molecule has 26 heavy (non-hydrogen) atoms. The molecule has 1 amide bonds. The number of hydrogen-bond acceptors (Lipinski definition) is 4. The van der Waals surface area contributed by atoms with E-state index in [1.54, 1.807) is 61.7 Å². The fourth-order valence-electron chi connectivity index (χ4n) is 3.13. The van der Waals surface area contributed by atoms with Crippen molar-refractivity contribution >= 4 is 15.9 Å². The number of rotatable bonds is 6. The van der Waals surface area contributed by atoms with Gasteiger partial charge >= 0.3 is 0 Å². The van der Waals surface area contributed by atoms with Crippen LogP contribution in [0.1, 0.15) is 23.2 Å². The van der Waals surface area contributed by atoms with Gasteiger partial charge in [-0.1, -0.05) is 24.3 Å². The van der Waals surface area contributed by atoms with Crippen LogP contribution in [0.15, 0.2) is 59.5 Å². The van der Waals surface area contributed by atoms with Crippen LogP contribution in [-0.4, -0.2) is 44.9 Å². The smallest absolute Gasteiger partial charge is 0.251 e. The lowest BCUT2D eigenvalue weighted by Crippen LogP contribution is -2.43. The second-order valence-corrected chi connectivity index (χ2v) is 8.06. The van der Waals surface area contributed by atoms with E-state index < -0.39 is 10.0 Å². The highest BCUT2D eigenvalue weighted by Crippen LogP contribution is 2.25. The predicted molar refractivity (Wildman–Crippen MR) is 98.7 cm³/mol. The SMILES string of the molecule is COc1cccc(C(=O)NC[C@H]2CCCN2S(=O)(=O)c2ccccc2)c1. The lowest BCUT2D eigenvalue weighted by molar-refractivity contribution is 0.0946. The summed E-state index contributed by atoms with van der Waals surface area (Å²) in [5.74, 6) is 0.361. The van der Waals surface area contributed by atoms with Crippen LogP contribution in [0.5, 0.6) is 5.75 Å². The number of carbonyl (C=O) groups excluding carboxylic acids is 1. The van der Waals surface area contributed by atoms with Gasteiger partial charge in [0.15, 0.2) is 0 Å². The summed E-state index contributed by atoms with van der Waals surface area (Å²) in [5, 5.41) is 2.85. The molecular formula is C19H22N2O4S. The minimum absolute atomic E-state index is 0.241. The van der Waals surface area contributed by atoms with E-state index in [0.29, 0.717) is 17.9 Å². The lowest BCUT2D eigenvalue weighted by atomic mass is 10.2. The molecule has 0 aromatic heterocycles. The molecule has 1 atom stereocenters. The third kappa shape index (κ3) is 3.89. The highest BCUT2D eigenvalue weighted by atomic mass is 32.2. The Morgan fingerprint density at radius 2 is 1.96 bits per heavy atom. The van der Waals surface area contributed by atoms with Crippen LogP contribution in [0, 0.1) is 0 Å². The van der Waals surface area contributed by atoms with Gasteiger partial charge in [-0.3, -0.25) is 4.79 Å². The second-order valence-electron chi connectivity index (χ2n) is 6.17. The summed E-state index contributed by atoms with van der Waals surface area (Å²) in [6.07, 6.45) is 1.51. The maximum atomic E-state index is 12.8. The summed E-state index contributed by atoms with van der Waals surface area (Å²) in [6, 6.07) is 15.0. The van der Waals surface area contributed by atoms with Gasteiger partial charge in [-0.15, -0.1) is 0 Å². The number of benzene rings is 2. The van der Waals surface area contributed by atoms with Gasteiger partial charge in [0.05, 0.1) is 12.0 Å². The molecular weight excluding hydrogens is 352 g/mol. The lowest BCUT2D eigenvalue weighted by Gasteiger charge is -2.24. The largest absolute Gasteiger partial charge is 0.497 e. The van der Waals surface area contributed by atoms with Crippen molar-refractivity contribution in [3.63, 3.8) is 0 Å². The summed E-state index contributed by atoms with van der Waals surface area (Å²) in [4.78, 5) is 12.6. The number of methoxy groups -OCH3 is 1. The van der Waals surface area contributed by atoms with Crippen molar-refractivity contribution in [3.05, 3.63) is 60.2 Å². The highest BCUT2D eigenvalue weighted by molar-refractivity contribution is 7.89. The number of nitrogens with one attached hydrogen (secondary N) is 1. The minimum Gasteiger partial charge on any atom is -0.497 e. The number of carbonyl (C=O) groups is 1. The summed E-state index contributed by atoms with van der Waals surface area (Å²) < 4.78 is 32.3. The molecule has 0 spiro atoms. The van der Waals surface area contributed by atoms with Crippen LogP contribution in [0.25, 0.3) is 0 Å². The average Bonchev–Trinajstić information content (AvgIpc) is 3.16. The zero-order chi connectivity index (χ0) is 18.6. The van der Waals surface area contributed by atoms with Crippen LogP contribution in [0.4, 0.5) is 0 Å². The Hall–Kier alpha value is -2.38. The van der Waals surface area contributed by atoms with Crippen molar-refractivity contribution in [2.45, 2.75) is 23.8 Å². The van der Waals surface area contributed by atoms with E-state index in [1.165, 1.54) is 4.31 Å². The second kappa shape index (κ2) is 7.88. The molecule has 7 heteroatoms. The first kappa shape index (κ1) is 18.4. The maximum Gasteiger partial charge on any atom is 0.251 e. The fraction of sp³-hybridized carbons (Fsp3) is 0.316. The molecule has 2 aromatic carbocycles. The molecule has 3 rings (SSSR count). The van der Waals surface area contributed by atoms with Gasteiger partial charge in [0.2, 0.25) is 10.0 Å². The van der Waals surface area contributed by atoms with E-state index in [0.717, 1.165) is 12.8 Å². The monoisotopic (exact) mass is 374 g/mol. The van der Waals surface area contributed by atoms with Crippen LogP contribution in [-0.2, 0) is 10.0 Å². The first-order valence-corrected chi connectivity index (χ1v) is 9.95. The van der Waals surface area contributed by atoms with Gasteiger partial charge in [-0.25, -0.2) is 8.42 Å². The molecule has 138 valence electrons. The fourth-order valence-corrected chi connectivity index (χ4v) is 4.85. The van der Waals surface area contributed by atoms with Gasteiger partial charge < -0.3 is 10.1 Å². The van der Waals surface area contributed by atoms with E-state index in [4.69, 9.17) is 4.74 Å². The third-order valence-electron chi connectivity index (χ3n) is 4.50. The maximum absolute atomic E-state index is 12.8. The van der Waals surface area contributed by atoms with E-state index in [2.05, 4.69) is 5.32 Å². The molecule has 6 nitrogen and oxygen atoms in total. The van der Waals surface area contributed by atoms with Gasteiger partial charge in [0.25, 0.3) is 5.91 Å². The topological polar surface area (TPSA) is 75.7 Å². The third-order valence-corrected chi connectivity index (χ3v) is 6.47. The molecule has 0 radical (unpaired) electrons. The molecule has 1 N–H and O–H groups in total. The molecule has 1 saturated heterocycles. The van der Waals surface area contributed by atoms with Crippen molar-refractivity contribution in [3.8, 4) is 5.75 Å². The normalized spacial score (nSPS) is 17.8. The molecule has 0 saturated carbocycles. The number of nitrogens with zero attached hydrogens (tertiary/aromatic N) is 1. The Morgan fingerprint density at radius 3 is 2.69 bits per heavy atom. The van der Waals surface area contributed by atoms with E-state index in [-0.39, 0.29) is 23.4 Å². The molecule has 1 fully saturated rings. The molecule has 0 bridgehead atoms. The van der Waals surface area contributed by atoms with Gasteiger partial charge in [0, 0.05) is 24.7 Å². The van der Waals surface area contributed by atoms with Crippen molar-refractivity contribution in [2.24, 2.45) is 0 Å². The number of hydrogen-bond donors (Lipinski definition) is 1. The number of ether oxygens (including phenoxy) is 1. The number of amides is 1. The molecule has 0 aliphatic carbocycles. The van der Waals surface area contributed by atoms with E-state index in [9.17, 15) is 13.2 Å². The van der Waals surface area contributed by atoms with Crippen LogP contribution < -0.4 is 10.1 Å². The molecule has 1 aliphatic heterocycles. The van der Waals surface area contributed by atoms with Crippen LogP contribution in [0.3, 0.4) is 0 Å². The van der Waals surface area contributed by atoms with Crippen LogP contribution in [0.2, 0.25) is 0 Å². The average molecular weight is 374 g/mol. The number of sulfonamides is 1. The Kier molecular flexibility index (Phi) is 5.58. The van der Waals surface area contributed by atoms with Crippen molar-refractivity contribution < 1.29 is 17.9 Å². The van der Waals surface area contributed by atoms with Gasteiger partial charge in [0.1, 0.15) is 5.75 Å².